The number of rotatable bonds is 3. The quantitative estimate of drug-likeness (QED) is 0.778. The van der Waals surface area contributed by atoms with Gasteiger partial charge in [-0.2, -0.15) is 13.2 Å². The molecule has 4 rings (SSSR count). The highest BCUT2D eigenvalue weighted by Gasteiger charge is 2.47. The van der Waals surface area contributed by atoms with Crippen molar-refractivity contribution in [2.24, 2.45) is 5.41 Å². The van der Waals surface area contributed by atoms with E-state index in [-0.39, 0.29) is 11.3 Å². The van der Waals surface area contributed by atoms with E-state index in [9.17, 15) is 18.0 Å². The van der Waals surface area contributed by atoms with Gasteiger partial charge in [-0.25, -0.2) is 19.7 Å². The molecule has 2 saturated heterocycles. The van der Waals surface area contributed by atoms with Crippen LogP contribution in [0.15, 0.2) is 24.1 Å². The molecule has 1 spiro atoms. The van der Waals surface area contributed by atoms with Crippen molar-refractivity contribution in [3.63, 3.8) is 0 Å². The first-order valence-electron chi connectivity index (χ1n) is 9.07. The third-order valence-corrected chi connectivity index (χ3v) is 5.81. The number of hydrogen-bond donors (Lipinski definition) is 1. The second-order valence-electron chi connectivity index (χ2n) is 7.37. The van der Waals surface area contributed by atoms with Gasteiger partial charge in [0.1, 0.15) is 6.33 Å². The zero-order valence-corrected chi connectivity index (χ0v) is 16.9. The summed E-state index contributed by atoms with van der Waals surface area (Å²) >= 11 is 1.70. The smallest absolute Gasteiger partial charge is 0.475 e. The Kier molecular flexibility index (Phi) is 6.36. The van der Waals surface area contributed by atoms with Crippen LogP contribution in [0.3, 0.4) is 0 Å². The van der Waals surface area contributed by atoms with Crippen molar-refractivity contribution >= 4 is 28.9 Å². The molecule has 1 amide bonds. The molecule has 2 aromatic rings. The lowest BCUT2D eigenvalue weighted by atomic mass is 9.86. The molecule has 0 radical (unpaired) electrons. The Morgan fingerprint density at radius 2 is 1.97 bits per heavy atom. The van der Waals surface area contributed by atoms with E-state index >= 15 is 0 Å². The van der Waals surface area contributed by atoms with Crippen LogP contribution < -0.4 is 4.90 Å². The molecule has 0 saturated carbocycles. The normalized spacial score (nSPS) is 21.7. The van der Waals surface area contributed by atoms with Crippen molar-refractivity contribution < 1.29 is 27.9 Å². The molecule has 0 aliphatic carbocycles. The molecule has 12 heteroatoms. The molecule has 2 aromatic heterocycles. The first kappa shape index (κ1) is 22.1. The summed E-state index contributed by atoms with van der Waals surface area (Å²) in [6.07, 6.45) is 1.52. The van der Waals surface area contributed by atoms with Gasteiger partial charge in [0.05, 0.1) is 28.8 Å². The second-order valence-corrected chi connectivity index (χ2v) is 8.44. The van der Waals surface area contributed by atoms with Crippen molar-refractivity contribution in [2.75, 3.05) is 24.5 Å². The summed E-state index contributed by atoms with van der Waals surface area (Å²) in [6.45, 7) is 5.68. The highest BCUT2D eigenvalue weighted by atomic mass is 32.1. The van der Waals surface area contributed by atoms with Crippen molar-refractivity contribution in [3.8, 4) is 0 Å². The van der Waals surface area contributed by atoms with Crippen molar-refractivity contribution in [3.05, 3.63) is 34.8 Å². The van der Waals surface area contributed by atoms with Gasteiger partial charge in [0.2, 0.25) is 5.91 Å². The predicted octanol–water partition coefficient (Wildman–Crippen LogP) is 2.50. The fraction of sp³-hybridized carbons (Fsp3) is 0.500. The van der Waals surface area contributed by atoms with Crippen molar-refractivity contribution in [1.82, 2.24) is 19.9 Å². The Morgan fingerprint density at radius 1 is 1.30 bits per heavy atom. The topological polar surface area (TPSA) is 99.5 Å². The zero-order valence-electron chi connectivity index (χ0n) is 16.1. The number of nitrogens with zero attached hydrogens (tertiary/aromatic N) is 5. The molecule has 4 heterocycles. The minimum absolute atomic E-state index is 0.0675. The maximum Gasteiger partial charge on any atom is 0.490 e. The fourth-order valence-corrected chi connectivity index (χ4v) is 4.31. The Bertz CT molecular complexity index is 908. The van der Waals surface area contributed by atoms with Crippen LogP contribution >= 0.6 is 11.3 Å². The number of carboxylic acids is 1. The number of amides is 1. The summed E-state index contributed by atoms with van der Waals surface area (Å²) in [6, 6.07) is 0. The molecule has 2 fully saturated rings. The summed E-state index contributed by atoms with van der Waals surface area (Å²) < 4.78 is 31.7. The van der Waals surface area contributed by atoms with E-state index in [0.717, 1.165) is 49.0 Å². The fourth-order valence-electron chi connectivity index (χ4n) is 3.71. The van der Waals surface area contributed by atoms with Gasteiger partial charge in [0.15, 0.2) is 0 Å². The first-order valence-corrected chi connectivity index (χ1v) is 9.95. The van der Waals surface area contributed by atoms with Crippen LogP contribution in [-0.2, 0) is 16.1 Å². The van der Waals surface area contributed by atoms with E-state index in [4.69, 9.17) is 9.90 Å². The van der Waals surface area contributed by atoms with Crippen LogP contribution in [0.2, 0.25) is 0 Å². The standard InChI is InChI=1S/C16H19N5OS.C2HF3O2/c1-12-19-13(8-23-12)7-20-3-2-16(9-20)4-15(22)21(10-16)14-5-17-11-18-6-14;3-2(4,5)1(6)7/h5-6,8,11H,2-4,7,9-10H2,1H3;(H,6,7). The molecule has 1 N–H and O–H groups in total. The maximum absolute atomic E-state index is 12.4. The number of alkyl halides is 3. The summed E-state index contributed by atoms with van der Waals surface area (Å²) in [7, 11) is 0. The molecule has 2 aliphatic heterocycles. The molecular weight excluding hydrogens is 423 g/mol. The predicted molar refractivity (Wildman–Crippen MR) is 102 cm³/mol. The van der Waals surface area contributed by atoms with E-state index in [1.165, 1.54) is 6.33 Å². The van der Waals surface area contributed by atoms with Crippen LogP contribution in [-0.4, -0.2) is 62.6 Å². The van der Waals surface area contributed by atoms with Gasteiger partial charge in [-0.05, 0) is 19.9 Å². The van der Waals surface area contributed by atoms with E-state index < -0.39 is 12.1 Å². The lowest BCUT2D eigenvalue weighted by Gasteiger charge is -2.23. The largest absolute Gasteiger partial charge is 0.490 e. The van der Waals surface area contributed by atoms with Gasteiger partial charge < -0.3 is 10.0 Å². The molecule has 1 atom stereocenters. The molecule has 0 bridgehead atoms. The monoisotopic (exact) mass is 443 g/mol. The van der Waals surface area contributed by atoms with E-state index in [2.05, 4.69) is 25.2 Å². The van der Waals surface area contributed by atoms with Crippen LogP contribution in [0, 0.1) is 12.3 Å². The number of aryl methyl sites for hydroxylation is 1. The third-order valence-electron chi connectivity index (χ3n) is 4.99. The number of anilines is 1. The highest BCUT2D eigenvalue weighted by molar-refractivity contribution is 7.09. The zero-order chi connectivity index (χ0) is 21.9. The van der Waals surface area contributed by atoms with Crippen LogP contribution in [0.25, 0.3) is 0 Å². The molecule has 0 aromatic carbocycles. The number of hydrogen-bond acceptors (Lipinski definition) is 7. The number of aliphatic carboxylic acids is 1. The van der Waals surface area contributed by atoms with Crippen LogP contribution in [0.1, 0.15) is 23.5 Å². The molecule has 8 nitrogen and oxygen atoms in total. The van der Waals surface area contributed by atoms with Gasteiger partial charge in [0, 0.05) is 36.9 Å². The Labute approximate surface area is 174 Å². The molecule has 1 unspecified atom stereocenters. The SMILES string of the molecule is Cc1nc(CN2CCC3(CC(=O)N(c4cncnc4)C3)C2)cs1.O=C(O)C(F)(F)F. The number of likely N-dealkylation sites (tertiary alicyclic amines) is 1. The Hall–Kier alpha value is -2.60. The second kappa shape index (κ2) is 8.64. The van der Waals surface area contributed by atoms with Gasteiger partial charge in [-0.15, -0.1) is 11.3 Å². The van der Waals surface area contributed by atoms with Crippen molar-refractivity contribution in [1.29, 1.82) is 0 Å². The number of halogens is 3. The van der Waals surface area contributed by atoms with Gasteiger partial charge in [-0.1, -0.05) is 0 Å². The number of carbonyl (C=O) groups is 2. The van der Waals surface area contributed by atoms with E-state index in [1.807, 2.05) is 11.8 Å². The summed E-state index contributed by atoms with van der Waals surface area (Å²) in [5, 5.41) is 10.4. The Morgan fingerprint density at radius 3 is 2.53 bits per heavy atom. The first-order chi connectivity index (χ1) is 14.1. The van der Waals surface area contributed by atoms with Crippen LogP contribution in [0.4, 0.5) is 18.9 Å². The Balaban J connectivity index is 0.000000318. The number of thiazole rings is 1. The molecule has 30 heavy (non-hydrogen) atoms. The highest BCUT2D eigenvalue weighted by Crippen LogP contribution is 2.41. The lowest BCUT2D eigenvalue weighted by molar-refractivity contribution is -0.192. The van der Waals surface area contributed by atoms with E-state index in [1.54, 1.807) is 23.7 Å². The average molecular weight is 443 g/mol. The summed E-state index contributed by atoms with van der Waals surface area (Å²) in [5.41, 5.74) is 2.02. The molecule has 2 aliphatic rings. The van der Waals surface area contributed by atoms with Gasteiger partial charge >= 0.3 is 12.1 Å². The van der Waals surface area contributed by atoms with Crippen molar-refractivity contribution in [2.45, 2.75) is 32.5 Å². The average Bonchev–Trinajstić information content (AvgIpc) is 3.35. The minimum atomic E-state index is -5.08. The lowest BCUT2D eigenvalue weighted by Crippen LogP contribution is -2.31. The number of carbonyl (C=O) groups excluding carboxylic acids is 1. The molecular formula is C18H20F3N5O3S. The number of aromatic nitrogens is 3. The molecule has 162 valence electrons. The number of carboxylic acid groups (broad SMARTS) is 1. The van der Waals surface area contributed by atoms with E-state index in [0.29, 0.717) is 6.42 Å². The summed E-state index contributed by atoms with van der Waals surface area (Å²) in [5.74, 6) is -2.57. The summed E-state index contributed by atoms with van der Waals surface area (Å²) in [4.78, 5) is 38.2. The maximum atomic E-state index is 12.4. The minimum Gasteiger partial charge on any atom is -0.475 e. The third kappa shape index (κ3) is 5.30. The van der Waals surface area contributed by atoms with Gasteiger partial charge in [0.25, 0.3) is 0 Å². The van der Waals surface area contributed by atoms with Crippen LogP contribution in [0.5, 0.6) is 0 Å². The van der Waals surface area contributed by atoms with Gasteiger partial charge in [-0.3, -0.25) is 9.69 Å².